The summed E-state index contributed by atoms with van der Waals surface area (Å²) in [6, 6.07) is 6.57. The van der Waals surface area contributed by atoms with Crippen LogP contribution in [0, 0.1) is 10.1 Å². The van der Waals surface area contributed by atoms with E-state index in [1.165, 1.54) is 7.11 Å². The molecule has 1 aromatic heterocycles. The van der Waals surface area contributed by atoms with E-state index >= 15 is 0 Å². The summed E-state index contributed by atoms with van der Waals surface area (Å²) in [4.78, 5) is 25.6. The molecule has 8 heteroatoms. The Labute approximate surface area is 112 Å². The van der Waals surface area contributed by atoms with Crippen LogP contribution in [0.2, 0.25) is 0 Å². The lowest BCUT2D eigenvalue weighted by Gasteiger charge is -2.03. The number of nitrogens with zero attached hydrogens (tertiary/aromatic N) is 2. The van der Waals surface area contributed by atoms with E-state index in [1.54, 1.807) is 24.3 Å². The Kier molecular flexibility index (Phi) is 3.71. The van der Waals surface area contributed by atoms with E-state index in [0.29, 0.717) is 11.3 Å². The lowest BCUT2D eigenvalue weighted by Crippen LogP contribution is -2.11. The molecule has 2 rings (SSSR count). The predicted octanol–water partition coefficient (Wildman–Crippen LogP) is 2.31. The molecule has 7 nitrogen and oxygen atoms in total. The van der Waals surface area contributed by atoms with Gasteiger partial charge in [0.1, 0.15) is 11.9 Å². The number of amides is 1. The Hall–Kier alpha value is -2.48. The quantitative estimate of drug-likeness (QED) is 0.684. The molecule has 0 aliphatic rings. The maximum Gasteiger partial charge on any atom is 0.345 e. The fraction of sp³-hybridized carbons (Fsp3) is 0.0909. The maximum atomic E-state index is 11.9. The summed E-state index contributed by atoms with van der Waals surface area (Å²) in [5.74, 6) is 0.154. The first-order valence-electron chi connectivity index (χ1n) is 5.16. The lowest BCUT2D eigenvalue weighted by atomic mass is 10.2. The molecule has 0 radical (unpaired) electrons. The minimum Gasteiger partial charge on any atom is -0.497 e. The summed E-state index contributed by atoms with van der Waals surface area (Å²) in [5.41, 5.74) is 0.386. The number of ether oxygens (including phenoxy) is 1. The van der Waals surface area contributed by atoms with E-state index in [4.69, 9.17) is 4.74 Å². The van der Waals surface area contributed by atoms with Crippen LogP contribution >= 0.6 is 11.3 Å². The summed E-state index contributed by atoms with van der Waals surface area (Å²) in [7, 11) is 1.50. The van der Waals surface area contributed by atoms with Gasteiger partial charge in [-0.25, -0.2) is 4.98 Å². The van der Waals surface area contributed by atoms with Crippen LogP contribution in [0.3, 0.4) is 0 Å². The first-order valence-corrected chi connectivity index (χ1v) is 5.97. The molecule has 0 saturated heterocycles. The molecule has 0 fully saturated rings. The second-order valence-electron chi connectivity index (χ2n) is 3.45. The van der Waals surface area contributed by atoms with Crippen molar-refractivity contribution in [1.29, 1.82) is 0 Å². The Morgan fingerprint density at radius 2 is 2.32 bits per heavy atom. The smallest absolute Gasteiger partial charge is 0.345 e. The Bertz CT molecular complexity index is 626. The molecule has 0 aliphatic carbocycles. The van der Waals surface area contributed by atoms with Crippen LogP contribution in [0.15, 0.2) is 30.5 Å². The summed E-state index contributed by atoms with van der Waals surface area (Å²) >= 11 is 0.801. The molecule has 1 N–H and O–H groups in total. The molecule has 0 bridgehead atoms. The Morgan fingerprint density at radius 1 is 1.53 bits per heavy atom. The average molecular weight is 279 g/mol. The van der Waals surface area contributed by atoms with Gasteiger partial charge in [0.15, 0.2) is 5.13 Å². The molecule has 19 heavy (non-hydrogen) atoms. The minimum atomic E-state index is -0.557. The number of benzene rings is 1. The normalized spacial score (nSPS) is 9.95. The van der Waals surface area contributed by atoms with Gasteiger partial charge < -0.3 is 4.74 Å². The second kappa shape index (κ2) is 5.44. The largest absolute Gasteiger partial charge is 0.497 e. The van der Waals surface area contributed by atoms with Gasteiger partial charge in [-0.05, 0) is 29.5 Å². The van der Waals surface area contributed by atoms with Crippen molar-refractivity contribution in [2.75, 3.05) is 12.4 Å². The first kappa shape index (κ1) is 13.0. The number of nitro groups is 1. The summed E-state index contributed by atoms with van der Waals surface area (Å²) in [5, 5.41) is 13.0. The van der Waals surface area contributed by atoms with Crippen molar-refractivity contribution in [3.05, 3.63) is 46.1 Å². The molecule has 1 amide bonds. The van der Waals surface area contributed by atoms with E-state index in [1.807, 2.05) is 0 Å². The van der Waals surface area contributed by atoms with Crippen LogP contribution in [0.4, 0.5) is 10.1 Å². The highest BCUT2D eigenvalue weighted by Crippen LogP contribution is 2.25. The van der Waals surface area contributed by atoms with E-state index in [-0.39, 0.29) is 10.1 Å². The van der Waals surface area contributed by atoms with Gasteiger partial charge in [0.2, 0.25) is 0 Å². The third kappa shape index (κ3) is 3.05. The zero-order chi connectivity index (χ0) is 13.8. The van der Waals surface area contributed by atoms with E-state index in [0.717, 1.165) is 17.5 Å². The molecular formula is C11H9N3O4S. The number of hydrogen-bond donors (Lipinski definition) is 1. The van der Waals surface area contributed by atoms with Gasteiger partial charge >= 0.3 is 5.00 Å². The summed E-state index contributed by atoms with van der Waals surface area (Å²) < 4.78 is 5.01. The minimum absolute atomic E-state index is 0.124. The van der Waals surface area contributed by atoms with Gasteiger partial charge in [-0.1, -0.05) is 6.07 Å². The zero-order valence-electron chi connectivity index (χ0n) is 9.82. The van der Waals surface area contributed by atoms with Crippen molar-refractivity contribution in [3.63, 3.8) is 0 Å². The fourth-order valence-corrected chi connectivity index (χ4v) is 1.97. The van der Waals surface area contributed by atoms with Crippen LogP contribution in [-0.4, -0.2) is 22.9 Å². The molecule has 1 heterocycles. The van der Waals surface area contributed by atoms with Crippen molar-refractivity contribution < 1.29 is 14.5 Å². The number of anilines is 1. The summed E-state index contributed by atoms with van der Waals surface area (Å²) in [6.07, 6.45) is 1.10. The molecule has 98 valence electrons. The molecular weight excluding hydrogens is 270 g/mol. The van der Waals surface area contributed by atoms with E-state index < -0.39 is 10.8 Å². The van der Waals surface area contributed by atoms with Crippen LogP contribution in [0.5, 0.6) is 5.75 Å². The Morgan fingerprint density at radius 3 is 2.95 bits per heavy atom. The third-order valence-electron chi connectivity index (χ3n) is 2.23. The molecule has 1 aromatic carbocycles. The Balaban J connectivity index is 2.13. The van der Waals surface area contributed by atoms with Gasteiger partial charge in [-0.2, -0.15) is 0 Å². The highest BCUT2D eigenvalue weighted by molar-refractivity contribution is 7.18. The van der Waals surface area contributed by atoms with Crippen LogP contribution in [0.25, 0.3) is 0 Å². The monoisotopic (exact) mass is 279 g/mol. The van der Waals surface area contributed by atoms with Gasteiger partial charge in [0, 0.05) is 5.56 Å². The molecule has 0 aliphatic heterocycles. The van der Waals surface area contributed by atoms with Crippen molar-refractivity contribution in [2.45, 2.75) is 0 Å². The topological polar surface area (TPSA) is 94.4 Å². The highest BCUT2D eigenvalue weighted by Gasteiger charge is 2.14. The maximum absolute atomic E-state index is 11.9. The van der Waals surface area contributed by atoms with Gasteiger partial charge in [-0.3, -0.25) is 20.2 Å². The number of methoxy groups -OCH3 is 1. The van der Waals surface area contributed by atoms with E-state index in [9.17, 15) is 14.9 Å². The van der Waals surface area contributed by atoms with Crippen LogP contribution in [0.1, 0.15) is 10.4 Å². The first-order chi connectivity index (χ1) is 9.10. The standard InChI is InChI=1S/C11H9N3O4S/c1-18-8-4-2-3-7(5-8)10(15)13-11-12-6-9(19-11)14(16)17/h2-6H,1H3,(H,12,13,15). The molecule has 0 atom stereocenters. The van der Waals surface area contributed by atoms with E-state index in [2.05, 4.69) is 10.3 Å². The van der Waals surface area contributed by atoms with Crippen molar-refractivity contribution in [1.82, 2.24) is 4.98 Å². The number of hydrogen-bond acceptors (Lipinski definition) is 6. The molecule has 0 unspecified atom stereocenters. The van der Waals surface area contributed by atoms with Crippen molar-refractivity contribution in [2.24, 2.45) is 0 Å². The van der Waals surface area contributed by atoms with Gasteiger partial charge in [0.25, 0.3) is 5.91 Å². The number of rotatable bonds is 4. The molecule has 0 spiro atoms. The predicted molar refractivity (Wildman–Crippen MR) is 69.7 cm³/mol. The average Bonchev–Trinajstić information content (AvgIpc) is 2.87. The zero-order valence-corrected chi connectivity index (χ0v) is 10.6. The molecule has 2 aromatic rings. The van der Waals surface area contributed by atoms with Crippen molar-refractivity contribution in [3.8, 4) is 5.75 Å². The van der Waals surface area contributed by atoms with Gasteiger partial charge in [0.05, 0.1) is 12.0 Å². The number of aromatic nitrogens is 1. The number of carbonyl (C=O) groups is 1. The van der Waals surface area contributed by atoms with Crippen molar-refractivity contribution >= 4 is 27.4 Å². The SMILES string of the molecule is COc1cccc(C(=O)Nc2ncc([N+](=O)[O-])s2)c1. The molecule has 0 saturated carbocycles. The van der Waals surface area contributed by atoms with Crippen LogP contribution in [-0.2, 0) is 0 Å². The summed E-state index contributed by atoms with van der Waals surface area (Å²) in [6.45, 7) is 0. The highest BCUT2D eigenvalue weighted by atomic mass is 32.1. The van der Waals surface area contributed by atoms with Gasteiger partial charge in [-0.15, -0.1) is 0 Å². The number of carbonyl (C=O) groups excluding carboxylic acids is 1. The fourth-order valence-electron chi connectivity index (χ4n) is 1.34. The van der Waals surface area contributed by atoms with Crippen LogP contribution < -0.4 is 10.1 Å². The third-order valence-corrected chi connectivity index (χ3v) is 3.09. The lowest BCUT2D eigenvalue weighted by molar-refractivity contribution is -0.380. The second-order valence-corrected chi connectivity index (χ2v) is 4.46. The number of thiazole rings is 1. The number of nitrogens with one attached hydrogen (secondary N) is 1.